The average Bonchev–Trinajstić information content (AvgIpc) is 2.62. The van der Waals surface area contributed by atoms with Gasteiger partial charge < -0.3 is 10.0 Å². The van der Waals surface area contributed by atoms with E-state index in [2.05, 4.69) is 0 Å². The van der Waals surface area contributed by atoms with Crippen molar-refractivity contribution in [3.8, 4) is 5.75 Å². The minimum Gasteiger partial charge on any atom is -0.505 e. The Morgan fingerprint density at radius 1 is 1.40 bits per heavy atom. The predicted octanol–water partition coefficient (Wildman–Crippen LogP) is 0.650. The van der Waals surface area contributed by atoms with Gasteiger partial charge in [0, 0.05) is 18.9 Å². The third-order valence-corrected chi connectivity index (χ3v) is 4.32. The van der Waals surface area contributed by atoms with Crippen LogP contribution in [0.1, 0.15) is 17.5 Å². The van der Waals surface area contributed by atoms with Crippen molar-refractivity contribution >= 4 is 21.6 Å². The SMILES string of the molecule is Cc1cc(C)c(O)c(N2CC(CS(N)(=O)=O)CC2=O)c1. The predicted molar refractivity (Wildman–Crippen MR) is 76.0 cm³/mol. The van der Waals surface area contributed by atoms with E-state index in [0.29, 0.717) is 11.3 Å². The number of phenolic OH excluding ortho intramolecular Hbond substituents is 1. The summed E-state index contributed by atoms with van der Waals surface area (Å²) in [5, 5.41) is 15.1. The van der Waals surface area contributed by atoms with Crippen LogP contribution in [0.5, 0.6) is 5.75 Å². The molecule has 1 aliphatic rings. The van der Waals surface area contributed by atoms with E-state index in [1.807, 2.05) is 13.0 Å². The molecule has 1 aromatic carbocycles. The summed E-state index contributed by atoms with van der Waals surface area (Å²) in [7, 11) is -3.60. The van der Waals surface area contributed by atoms with Crippen molar-refractivity contribution in [3.63, 3.8) is 0 Å². The van der Waals surface area contributed by atoms with Crippen LogP contribution in [0.3, 0.4) is 0 Å². The fourth-order valence-electron chi connectivity index (χ4n) is 2.60. The van der Waals surface area contributed by atoms with E-state index in [1.165, 1.54) is 4.90 Å². The quantitative estimate of drug-likeness (QED) is 0.855. The number of primary sulfonamides is 1. The summed E-state index contributed by atoms with van der Waals surface area (Å²) in [5.74, 6) is -0.697. The van der Waals surface area contributed by atoms with Crippen molar-refractivity contribution < 1.29 is 18.3 Å². The number of sulfonamides is 1. The lowest BCUT2D eigenvalue weighted by Gasteiger charge is -2.19. The topological polar surface area (TPSA) is 101 Å². The summed E-state index contributed by atoms with van der Waals surface area (Å²) >= 11 is 0. The van der Waals surface area contributed by atoms with Crippen LogP contribution < -0.4 is 10.0 Å². The third-order valence-electron chi connectivity index (χ3n) is 3.39. The normalized spacial score (nSPS) is 19.6. The van der Waals surface area contributed by atoms with Crippen LogP contribution in [0.4, 0.5) is 5.69 Å². The van der Waals surface area contributed by atoms with Crippen molar-refractivity contribution in [1.29, 1.82) is 0 Å². The first-order chi connectivity index (χ1) is 9.17. The van der Waals surface area contributed by atoms with E-state index < -0.39 is 10.0 Å². The molecule has 0 saturated carbocycles. The Morgan fingerprint density at radius 2 is 2.05 bits per heavy atom. The highest BCUT2D eigenvalue weighted by molar-refractivity contribution is 7.89. The van der Waals surface area contributed by atoms with Gasteiger partial charge in [-0.15, -0.1) is 0 Å². The fourth-order valence-corrected chi connectivity index (χ4v) is 3.48. The third kappa shape index (κ3) is 3.10. The summed E-state index contributed by atoms with van der Waals surface area (Å²) in [4.78, 5) is 13.5. The Balaban J connectivity index is 2.29. The molecular formula is C13H18N2O4S. The maximum atomic E-state index is 12.0. The zero-order valence-corrected chi connectivity index (χ0v) is 12.3. The van der Waals surface area contributed by atoms with Gasteiger partial charge in [-0.1, -0.05) is 6.07 Å². The van der Waals surface area contributed by atoms with Gasteiger partial charge >= 0.3 is 0 Å². The van der Waals surface area contributed by atoms with Crippen LogP contribution in [-0.2, 0) is 14.8 Å². The highest BCUT2D eigenvalue weighted by Crippen LogP contribution is 2.35. The molecule has 0 spiro atoms. The van der Waals surface area contributed by atoms with Crippen LogP contribution in [0.15, 0.2) is 12.1 Å². The van der Waals surface area contributed by atoms with Gasteiger partial charge in [0.25, 0.3) is 0 Å². The maximum Gasteiger partial charge on any atom is 0.227 e. The van der Waals surface area contributed by atoms with E-state index >= 15 is 0 Å². The largest absolute Gasteiger partial charge is 0.505 e. The summed E-state index contributed by atoms with van der Waals surface area (Å²) in [6.07, 6.45) is 0.128. The summed E-state index contributed by atoms with van der Waals surface area (Å²) in [6.45, 7) is 3.89. The second-order valence-electron chi connectivity index (χ2n) is 5.35. The van der Waals surface area contributed by atoms with Gasteiger partial charge in [-0.25, -0.2) is 13.6 Å². The minimum absolute atomic E-state index is 0.0557. The van der Waals surface area contributed by atoms with Gasteiger partial charge in [0.1, 0.15) is 5.75 Å². The van der Waals surface area contributed by atoms with Crippen LogP contribution >= 0.6 is 0 Å². The van der Waals surface area contributed by atoms with Crippen molar-refractivity contribution in [1.82, 2.24) is 0 Å². The first kappa shape index (κ1) is 14.8. The molecule has 3 N–H and O–H groups in total. The Hall–Kier alpha value is -1.60. The number of carbonyl (C=O) groups is 1. The van der Waals surface area contributed by atoms with E-state index in [4.69, 9.17) is 5.14 Å². The molecule has 1 aromatic rings. The number of aromatic hydroxyl groups is 1. The van der Waals surface area contributed by atoms with Gasteiger partial charge in [-0.2, -0.15) is 0 Å². The molecule has 1 unspecified atom stereocenters. The average molecular weight is 298 g/mol. The smallest absolute Gasteiger partial charge is 0.227 e. The lowest BCUT2D eigenvalue weighted by atomic mass is 10.1. The van der Waals surface area contributed by atoms with Gasteiger partial charge in [-0.3, -0.25) is 4.79 Å². The van der Waals surface area contributed by atoms with E-state index in [-0.39, 0.29) is 36.3 Å². The van der Waals surface area contributed by atoms with Gasteiger partial charge in [0.05, 0.1) is 11.4 Å². The molecule has 1 aliphatic heterocycles. The van der Waals surface area contributed by atoms with Crippen LogP contribution in [0.2, 0.25) is 0 Å². The highest BCUT2D eigenvalue weighted by atomic mass is 32.2. The first-order valence-electron chi connectivity index (χ1n) is 6.28. The molecule has 110 valence electrons. The number of anilines is 1. The number of rotatable bonds is 3. The molecule has 1 amide bonds. The first-order valence-corrected chi connectivity index (χ1v) is 8.00. The van der Waals surface area contributed by atoms with Crippen molar-refractivity contribution in [3.05, 3.63) is 23.3 Å². The Labute approximate surface area is 118 Å². The summed E-state index contributed by atoms with van der Waals surface area (Å²) in [6, 6.07) is 3.54. The molecule has 0 aromatic heterocycles. The summed E-state index contributed by atoms with van der Waals surface area (Å²) in [5.41, 5.74) is 2.05. The maximum absolute atomic E-state index is 12.0. The van der Waals surface area contributed by atoms with Crippen LogP contribution in [0, 0.1) is 19.8 Å². The van der Waals surface area contributed by atoms with Crippen LogP contribution in [-0.4, -0.2) is 31.7 Å². The fraction of sp³-hybridized carbons (Fsp3) is 0.462. The van der Waals surface area contributed by atoms with Crippen molar-refractivity contribution in [2.24, 2.45) is 11.1 Å². The lowest BCUT2D eigenvalue weighted by molar-refractivity contribution is -0.117. The van der Waals surface area contributed by atoms with Gasteiger partial charge in [-0.05, 0) is 31.0 Å². The van der Waals surface area contributed by atoms with Gasteiger partial charge in [0.15, 0.2) is 0 Å². The minimum atomic E-state index is -3.60. The molecule has 6 nitrogen and oxygen atoms in total. The Kier molecular flexibility index (Phi) is 3.75. The molecule has 0 bridgehead atoms. The molecule has 2 rings (SSSR count). The molecule has 0 radical (unpaired) electrons. The lowest BCUT2D eigenvalue weighted by Crippen LogP contribution is -2.27. The van der Waals surface area contributed by atoms with Crippen molar-refractivity contribution in [2.45, 2.75) is 20.3 Å². The highest BCUT2D eigenvalue weighted by Gasteiger charge is 2.34. The molecule has 1 fully saturated rings. The second kappa shape index (κ2) is 5.06. The van der Waals surface area contributed by atoms with E-state index in [0.717, 1.165) is 5.56 Å². The standard InChI is InChI=1S/C13H18N2O4S/c1-8-3-9(2)13(17)11(4-8)15-6-10(5-12(15)16)7-20(14,18)19/h3-4,10,17H,5-7H2,1-2H3,(H2,14,18,19). The number of nitrogens with zero attached hydrogens (tertiary/aromatic N) is 1. The number of amides is 1. The number of hydrogen-bond donors (Lipinski definition) is 2. The molecule has 1 saturated heterocycles. The number of nitrogens with two attached hydrogens (primary N) is 1. The molecular weight excluding hydrogens is 280 g/mol. The Morgan fingerprint density at radius 3 is 2.65 bits per heavy atom. The van der Waals surface area contributed by atoms with Gasteiger partial charge in [0.2, 0.25) is 15.9 Å². The van der Waals surface area contributed by atoms with E-state index in [9.17, 15) is 18.3 Å². The number of aryl methyl sites for hydroxylation is 2. The number of benzene rings is 1. The molecule has 0 aliphatic carbocycles. The van der Waals surface area contributed by atoms with E-state index in [1.54, 1.807) is 13.0 Å². The molecule has 1 atom stereocenters. The molecule has 1 heterocycles. The van der Waals surface area contributed by atoms with Crippen LogP contribution in [0.25, 0.3) is 0 Å². The van der Waals surface area contributed by atoms with Crippen molar-refractivity contribution in [2.75, 3.05) is 17.2 Å². The zero-order valence-electron chi connectivity index (χ0n) is 11.5. The summed E-state index contributed by atoms with van der Waals surface area (Å²) < 4.78 is 22.2. The number of carbonyl (C=O) groups excluding carboxylic acids is 1. The Bertz CT molecular complexity index is 655. The monoisotopic (exact) mass is 298 g/mol. The molecule has 7 heteroatoms. The second-order valence-corrected chi connectivity index (χ2v) is 7.01. The molecule has 20 heavy (non-hydrogen) atoms. The number of phenols is 1. The number of hydrogen-bond acceptors (Lipinski definition) is 4. The zero-order chi connectivity index (χ0) is 15.1.